The highest BCUT2D eigenvalue weighted by Crippen LogP contribution is 2.25. The molecule has 0 aromatic carbocycles. The van der Waals surface area contributed by atoms with Crippen LogP contribution in [0.15, 0.2) is 12.2 Å². The summed E-state index contributed by atoms with van der Waals surface area (Å²) in [4.78, 5) is 17.8. The predicted octanol–water partition coefficient (Wildman–Crippen LogP) is 3.03. The maximum Gasteiger partial charge on any atom is 0.434 e. The minimum absolute atomic E-state index is 0.239. The topological polar surface area (TPSA) is 59.0 Å². The fourth-order valence-electron chi connectivity index (χ4n) is 2.14. The number of amides is 1. The number of rotatable bonds is 4. The van der Waals surface area contributed by atoms with Crippen LogP contribution in [0, 0.1) is 0 Å². The highest BCUT2D eigenvalue weighted by Gasteiger charge is 2.35. The van der Waals surface area contributed by atoms with E-state index >= 15 is 0 Å². The van der Waals surface area contributed by atoms with E-state index in [2.05, 4.69) is 6.58 Å². The molecule has 0 aromatic rings. The van der Waals surface area contributed by atoms with Gasteiger partial charge in [0.1, 0.15) is 5.60 Å². The highest BCUT2D eigenvalue weighted by molar-refractivity contribution is 5.67. The fraction of sp³-hybridized carbons (Fsp3) is 0.800. The first-order chi connectivity index (χ1) is 9.20. The number of hydroxylamine groups is 2. The van der Waals surface area contributed by atoms with Gasteiger partial charge < -0.3 is 9.84 Å². The lowest BCUT2D eigenvalue weighted by Crippen LogP contribution is -2.50. The van der Waals surface area contributed by atoms with Gasteiger partial charge in [0.15, 0.2) is 0 Å². The van der Waals surface area contributed by atoms with Gasteiger partial charge in [-0.25, -0.2) is 4.79 Å². The van der Waals surface area contributed by atoms with E-state index in [1.807, 2.05) is 6.92 Å². The van der Waals surface area contributed by atoms with Crippen molar-refractivity contribution in [1.29, 1.82) is 0 Å². The van der Waals surface area contributed by atoms with Gasteiger partial charge in [-0.05, 0) is 40.5 Å². The molecule has 2 atom stereocenters. The van der Waals surface area contributed by atoms with E-state index in [1.54, 1.807) is 20.8 Å². The standard InChI is InChI=1S/C15H27NO4/c1-11(2)10-19-16(14(18)20-15(3,4)5)12-8-6-7-9-13(12)17/h12-13,17H,1,6-10H2,2-5H3/t12-,13-/m0/s1. The molecule has 1 fully saturated rings. The van der Waals surface area contributed by atoms with E-state index in [1.165, 1.54) is 5.06 Å². The highest BCUT2D eigenvalue weighted by atomic mass is 16.7. The Morgan fingerprint density at radius 2 is 1.95 bits per heavy atom. The van der Waals surface area contributed by atoms with E-state index in [9.17, 15) is 9.90 Å². The summed E-state index contributed by atoms with van der Waals surface area (Å²) in [5.41, 5.74) is 0.213. The lowest BCUT2D eigenvalue weighted by atomic mass is 9.92. The van der Waals surface area contributed by atoms with Gasteiger partial charge in [-0.1, -0.05) is 25.0 Å². The molecule has 1 rings (SSSR count). The van der Waals surface area contributed by atoms with Crippen molar-refractivity contribution in [3.05, 3.63) is 12.2 Å². The van der Waals surface area contributed by atoms with E-state index in [0.29, 0.717) is 6.42 Å². The van der Waals surface area contributed by atoms with Crippen LogP contribution in [-0.2, 0) is 9.57 Å². The maximum atomic E-state index is 12.3. The lowest BCUT2D eigenvalue weighted by molar-refractivity contribution is -0.188. The summed E-state index contributed by atoms with van der Waals surface area (Å²) in [6.45, 7) is 11.2. The molecule has 5 nitrogen and oxygen atoms in total. The number of aliphatic hydroxyl groups excluding tert-OH is 1. The normalized spacial score (nSPS) is 23.2. The molecule has 0 aliphatic heterocycles. The number of carbonyl (C=O) groups excluding carboxylic acids is 1. The monoisotopic (exact) mass is 285 g/mol. The van der Waals surface area contributed by atoms with Crippen molar-refractivity contribution in [3.8, 4) is 0 Å². The number of aliphatic hydroxyl groups is 1. The summed E-state index contributed by atoms with van der Waals surface area (Å²) >= 11 is 0. The van der Waals surface area contributed by atoms with Crippen LogP contribution in [0.1, 0.15) is 53.4 Å². The largest absolute Gasteiger partial charge is 0.442 e. The van der Waals surface area contributed by atoms with Gasteiger partial charge in [0.25, 0.3) is 0 Å². The molecule has 0 unspecified atom stereocenters. The summed E-state index contributed by atoms with van der Waals surface area (Å²) in [5, 5.41) is 11.3. The molecule has 0 heterocycles. The first-order valence-electron chi connectivity index (χ1n) is 7.18. The molecular formula is C15H27NO4. The Morgan fingerprint density at radius 1 is 1.35 bits per heavy atom. The Labute approximate surface area is 121 Å². The summed E-state index contributed by atoms with van der Waals surface area (Å²) in [7, 11) is 0. The summed E-state index contributed by atoms with van der Waals surface area (Å²) < 4.78 is 5.35. The Morgan fingerprint density at radius 3 is 2.45 bits per heavy atom. The molecule has 1 N–H and O–H groups in total. The van der Waals surface area contributed by atoms with Crippen LogP contribution >= 0.6 is 0 Å². The van der Waals surface area contributed by atoms with Gasteiger partial charge in [-0.3, -0.25) is 4.84 Å². The first kappa shape index (κ1) is 17.0. The summed E-state index contributed by atoms with van der Waals surface area (Å²) in [5.74, 6) is 0. The van der Waals surface area contributed by atoms with Crippen LogP contribution in [0.4, 0.5) is 4.79 Å². The second kappa shape index (κ2) is 7.09. The molecule has 0 aromatic heterocycles. The van der Waals surface area contributed by atoms with Gasteiger partial charge in [-0.2, -0.15) is 5.06 Å². The smallest absolute Gasteiger partial charge is 0.434 e. The minimum atomic E-state index is -0.596. The van der Waals surface area contributed by atoms with Gasteiger partial charge in [0.2, 0.25) is 0 Å². The Hall–Kier alpha value is -1.07. The Bertz CT molecular complexity index is 348. The van der Waals surface area contributed by atoms with Crippen molar-refractivity contribution >= 4 is 6.09 Å². The van der Waals surface area contributed by atoms with Crippen LogP contribution in [-0.4, -0.2) is 40.6 Å². The Balaban J connectivity index is 2.77. The second-order valence-electron chi connectivity index (χ2n) is 6.46. The number of carbonyl (C=O) groups is 1. The fourth-order valence-corrected chi connectivity index (χ4v) is 2.14. The molecular weight excluding hydrogens is 258 g/mol. The van der Waals surface area contributed by atoms with Crippen LogP contribution in [0.5, 0.6) is 0 Å². The van der Waals surface area contributed by atoms with Crippen molar-refractivity contribution in [1.82, 2.24) is 5.06 Å². The molecule has 1 aliphatic carbocycles. The van der Waals surface area contributed by atoms with Crippen molar-refractivity contribution in [3.63, 3.8) is 0 Å². The molecule has 0 saturated heterocycles. The molecule has 116 valence electrons. The number of hydrogen-bond donors (Lipinski definition) is 1. The Kier molecular flexibility index (Phi) is 6.02. The van der Waals surface area contributed by atoms with Crippen molar-refractivity contribution < 1.29 is 19.5 Å². The number of nitrogens with zero attached hydrogens (tertiary/aromatic N) is 1. The van der Waals surface area contributed by atoms with Gasteiger partial charge >= 0.3 is 6.09 Å². The third-order valence-electron chi connectivity index (χ3n) is 3.02. The maximum absolute atomic E-state index is 12.3. The van der Waals surface area contributed by atoms with Crippen LogP contribution in [0.25, 0.3) is 0 Å². The van der Waals surface area contributed by atoms with Crippen molar-refractivity contribution in [2.24, 2.45) is 0 Å². The molecule has 0 bridgehead atoms. The van der Waals surface area contributed by atoms with Crippen molar-refractivity contribution in [2.45, 2.75) is 71.1 Å². The molecule has 0 spiro atoms. The average molecular weight is 285 g/mol. The average Bonchev–Trinajstić information content (AvgIpc) is 2.28. The zero-order valence-corrected chi connectivity index (χ0v) is 13.0. The van der Waals surface area contributed by atoms with Crippen LogP contribution in [0.2, 0.25) is 0 Å². The SMILES string of the molecule is C=C(C)CON(C(=O)OC(C)(C)C)[C@H]1CCCC[C@@H]1O. The van der Waals surface area contributed by atoms with E-state index in [4.69, 9.17) is 9.57 Å². The van der Waals surface area contributed by atoms with Gasteiger partial charge in [0, 0.05) is 0 Å². The predicted molar refractivity (Wildman–Crippen MR) is 77.1 cm³/mol. The van der Waals surface area contributed by atoms with Crippen LogP contribution < -0.4 is 0 Å². The molecule has 1 amide bonds. The number of ether oxygens (including phenoxy) is 1. The minimum Gasteiger partial charge on any atom is -0.442 e. The summed E-state index contributed by atoms with van der Waals surface area (Å²) in [6.07, 6.45) is 2.22. The molecule has 20 heavy (non-hydrogen) atoms. The molecule has 5 heteroatoms. The van der Waals surface area contributed by atoms with Gasteiger partial charge in [0.05, 0.1) is 18.8 Å². The third kappa shape index (κ3) is 5.51. The quantitative estimate of drug-likeness (QED) is 0.637. The van der Waals surface area contributed by atoms with E-state index in [0.717, 1.165) is 24.8 Å². The third-order valence-corrected chi connectivity index (χ3v) is 3.02. The van der Waals surface area contributed by atoms with E-state index < -0.39 is 17.8 Å². The van der Waals surface area contributed by atoms with E-state index in [-0.39, 0.29) is 12.6 Å². The number of hydrogen-bond acceptors (Lipinski definition) is 4. The zero-order valence-electron chi connectivity index (χ0n) is 13.0. The lowest BCUT2D eigenvalue weighted by Gasteiger charge is -2.37. The first-order valence-corrected chi connectivity index (χ1v) is 7.18. The molecule has 1 aliphatic rings. The summed E-state index contributed by atoms with van der Waals surface area (Å²) in [6, 6.07) is -0.349. The van der Waals surface area contributed by atoms with Crippen LogP contribution in [0.3, 0.4) is 0 Å². The zero-order chi connectivity index (χ0) is 15.3. The molecule has 1 saturated carbocycles. The van der Waals surface area contributed by atoms with Crippen molar-refractivity contribution in [2.75, 3.05) is 6.61 Å². The second-order valence-corrected chi connectivity index (χ2v) is 6.46. The van der Waals surface area contributed by atoms with Gasteiger partial charge in [-0.15, -0.1) is 0 Å². The molecule has 0 radical (unpaired) electrons.